The zero-order valence-corrected chi connectivity index (χ0v) is 7.64. The number of hydrogen-bond donors (Lipinski definition) is 4. The van der Waals surface area contributed by atoms with Gasteiger partial charge in [0.2, 0.25) is 5.43 Å². The number of nitrogens with two attached hydrogens (primary N) is 3. The predicted molar refractivity (Wildman–Crippen MR) is 55.5 cm³/mol. The molecule has 0 bridgehead atoms. The molecule has 15 heavy (non-hydrogen) atoms. The fraction of sp³-hybridized carbons (Fsp3) is 0. The number of benzene rings is 1. The van der Waals surface area contributed by atoms with Crippen molar-refractivity contribution in [1.82, 2.24) is 9.71 Å². The highest BCUT2D eigenvalue weighted by Gasteiger charge is 2.21. The third-order valence-electron chi connectivity index (χ3n) is 2.16. The van der Waals surface area contributed by atoms with E-state index in [-0.39, 0.29) is 28.5 Å². The van der Waals surface area contributed by atoms with Gasteiger partial charge in [-0.3, -0.25) is 4.79 Å². The summed E-state index contributed by atoms with van der Waals surface area (Å²) in [6.45, 7) is 0. The quantitative estimate of drug-likeness (QED) is 0.334. The average molecular weight is 207 g/mol. The van der Waals surface area contributed by atoms with E-state index < -0.39 is 5.43 Å². The highest BCUT2D eigenvalue weighted by Crippen LogP contribution is 2.30. The van der Waals surface area contributed by atoms with Gasteiger partial charge in [-0.05, 0) is 0 Å². The van der Waals surface area contributed by atoms with Crippen LogP contribution in [0.1, 0.15) is 0 Å². The largest absolute Gasteiger partial charge is 0.428 e. The Bertz CT molecular complexity index is 562. The molecule has 0 saturated heterocycles. The van der Waals surface area contributed by atoms with E-state index in [9.17, 15) is 10.0 Å². The molecule has 0 aromatic carbocycles. The van der Waals surface area contributed by atoms with Gasteiger partial charge in [-0.25, -0.2) is 4.98 Å². The number of nitrogen functional groups attached to an aromatic ring is 3. The van der Waals surface area contributed by atoms with Crippen molar-refractivity contribution in [3.8, 4) is 11.4 Å². The molecule has 7 N–H and O–H groups in total. The van der Waals surface area contributed by atoms with Crippen molar-refractivity contribution in [2.45, 2.75) is 0 Å². The van der Waals surface area contributed by atoms with Crippen LogP contribution in [0.5, 0.6) is 0 Å². The summed E-state index contributed by atoms with van der Waals surface area (Å²) in [5.74, 6) is 0. The van der Waals surface area contributed by atoms with Crippen LogP contribution in [-0.2, 0) is 0 Å². The van der Waals surface area contributed by atoms with Crippen molar-refractivity contribution in [3.63, 3.8) is 0 Å². The molecule has 0 unspecified atom stereocenters. The van der Waals surface area contributed by atoms with Crippen LogP contribution in [0, 0.1) is 0 Å². The summed E-state index contributed by atoms with van der Waals surface area (Å²) in [5, 5.41) is 9.45. The van der Waals surface area contributed by atoms with Crippen LogP contribution in [0.15, 0.2) is 17.2 Å². The second kappa shape index (κ2) is 2.77. The minimum Gasteiger partial charge on any atom is -0.428 e. The van der Waals surface area contributed by atoms with Gasteiger partial charge in [0.25, 0.3) is 0 Å². The minimum atomic E-state index is -0.542. The van der Waals surface area contributed by atoms with Gasteiger partial charge in [0, 0.05) is 6.20 Å². The van der Waals surface area contributed by atoms with Crippen LogP contribution < -0.4 is 22.6 Å². The molecule has 1 aliphatic carbocycles. The van der Waals surface area contributed by atoms with E-state index >= 15 is 0 Å². The number of anilines is 3. The highest BCUT2D eigenvalue weighted by molar-refractivity contribution is 5.90. The second-order valence-electron chi connectivity index (χ2n) is 3.04. The molecule has 2 rings (SSSR count). The lowest BCUT2D eigenvalue weighted by Gasteiger charge is -2.13. The first-order valence-corrected chi connectivity index (χ1v) is 4.07. The summed E-state index contributed by atoms with van der Waals surface area (Å²) in [6.07, 6.45) is 2.51. The molecular formula is C8H9N5O2. The predicted octanol–water partition coefficient (Wildman–Crippen LogP) is -0.668. The summed E-state index contributed by atoms with van der Waals surface area (Å²) < 4.78 is 0.689. The van der Waals surface area contributed by atoms with Crippen molar-refractivity contribution < 1.29 is 5.21 Å². The van der Waals surface area contributed by atoms with Gasteiger partial charge < -0.3 is 22.4 Å². The Labute approximate surface area is 84.0 Å². The molecule has 1 heterocycles. The molecule has 7 nitrogen and oxygen atoms in total. The van der Waals surface area contributed by atoms with Gasteiger partial charge >= 0.3 is 0 Å². The van der Waals surface area contributed by atoms with Crippen molar-refractivity contribution >= 4 is 17.1 Å². The van der Waals surface area contributed by atoms with Crippen molar-refractivity contribution in [2.24, 2.45) is 0 Å². The third kappa shape index (κ3) is 1.06. The summed E-state index contributed by atoms with van der Waals surface area (Å²) in [5.41, 5.74) is 15.9. The van der Waals surface area contributed by atoms with Crippen LogP contribution >= 0.6 is 0 Å². The van der Waals surface area contributed by atoms with Gasteiger partial charge in [-0.1, -0.05) is 0 Å². The third-order valence-corrected chi connectivity index (χ3v) is 2.16. The Balaban J connectivity index is 3.06. The van der Waals surface area contributed by atoms with Gasteiger partial charge in [-0.15, -0.1) is 0 Å². The molecule has 0 amide bonds. The van der Waals surface area contributed by atoms with Crippen molar-refractivity contribution in [1.29, 1.82) is 0 Å². The second-order valence-corrected chi connectivity index (χ2v) is 3.04. The van der Waals surface area contributed by atoms with E-state index in [0.29, 0.717) is 4.73 Å². The molecular weight excluding hydrogens is 198 g/mol. The lowest BCUT2D eigenvalue weighted by molar-refractivity contribution is 0.188. The maximum atomic E-state index is 11.6. The maximum absolute atomic E-state index is 11.6. The highest BCUT2D eigenvalue weighted by atomic mass is 16.5. The van der Waals surface area contributed by atoms with Crippen LogP contribution in [0.3, 0.4) is 0 Å². The smallest absolute Gasteiger partial charge is 0.231 e. The topological polar surface area (TPSA) is 133 Å². The summed E-state index contributed by atoms with van der Waals surface area (Å²) in [6, 6.07) is 0. The molecule has 0 fully saturated rings. The number of rotatable bonds is 0. The van der Waals surface area contributed by atoms with E-state index in [2.05, 4.69) is 4.98 Å². The van der Waals surface area contributed by atoms with Gasteiger partial charge in [-0.2, -0.15) is 4.73 Å². The van der Waals surface area contributed by atoms with Gasteiger partial charge in [0.1, 0.15) is 17.1 Å². The number of nitrogens with zero attached hydrogens (tertiary/aromatic N) is 2. The van der Waals surface area contributed by atoms with E-state index in [1.807, 2.05) is 0 Å². The Morgan fingerprint density at radius 2 is 1.87 bits per heavy atom. The number of fused-ring (bicyclic) bond motifs is 1. The molecule has 0 aromatic rings. The summed E-state index contributed by atoms with van der Waals surface area (Å²) in [4.78, 5) is 15.4. The number of aromatic nitrogens is 2. The molecule has 0 spiro atoms. The lowest BCUT2D eigenvalue weighted by Crippen LogP contribution is -2.20. The zero-order valence-electron chi connectivity index (χ0n) is 7.64. The average Bonchev–Trinajstić information content (AvgIpc) is 2.23. The normalized spacial score (nSPS) is 10.7. The van der Waals surface area contributed by atoms with Crippen LogP contribution in [0.4, 0.5) is 17.1 Å². The molecule has 0 aromatic heterocycles. The standard InChI is InChI=1S/C8H9N5O2/c9-3-4(10)7-6(8(14)5(3)11)12-1-2-13(7)15/h1-2,15H,9-11H2. The Kier molecular flexibility index (Phi) is 1.69. The fourth-order valence-corrected chi connectivity index (χ4v) is 1.35. The Morgan fingerprint density at radius 1 is 1.20 bits per heavy atom. The molecule has 0 atom stereocenters. The number of hydrogen-bond acceptors (Lipinski definition) is 6. The van der Waals surface area contributed by atoms with Crippen LogP contribution in [-0.4, -0.2) is 14.9 Å². The van der Waals surface area contributed by atoms with Crippen molar-refractivity contribution in [2.75, 3.05) is 17.2 Å². The maximum Gasteiger partial charge on any atom is 0.231 e. The summed E-state index contributed by atoms with van der Waals surface area (Å²) >= 11 is 0. The molecule has 0 saturated carbocycles. The summed E-state index contributed by atoms with van der Waals surface area (Å²) in [7, 11) is 0. The zero-order chi connectivity index (χ0) is 11.2. The lowest BCUT2D eigenvalue weighted by atomic mass is 10.1. The monoisotopic (exact) mass is 207 g/mol. The first kappa shape index (κ1) is 9.13. The van der Waals surface area contributed by atoms with E-state index in [0.717, 1.165) is 0 Å². The SMILES string of the molecule is Nc1c(N)c2n(O)ccnc-2c(=O)c1N. The van der Waals surface area contributed by atoms with Gasteiger partial charge in [0.15, 0.2) is 0 Å². The van der Waals surface area contributed by atoms with E-state index in [4.69, 9.17) is 17.2 Å². The van der Waals surface area contributed by atoms with E-state index in [1.165, 1.54) is 12.4 Å². The minimum absolute atomic E-state index is 0.01000. The van der Waals surface area contributed by atoms with E-state index in [1.54, 1.807) is 0 Å². The molecule has 0 radical (unpaired) electrons. The van der Waals surface area contributed by atoms with Gasteiger partial charge in [0.05, 0.1) is 17.6 Å². The van der Waals surface area contributed by atoms with Crippen LogP contribution in [0.2, 0.25) is 0 Å². The fourth-order valence-electron chi connectivity index (χ4n) is 1.35. The molecule has 2 aliphatic rings. The first-order valence-electron chi connectivity index (χ1n) is 4.07. The first-order chi connectivity index (χ1) is 7.04. The Hall–Kier alpha value is -2.44. The molecule has 1 aliphatic heterocycles. The molecule has 7 heteroatoms. The van der Waals surface area contributed by atoms with Crippen LogP contribution in [0.25, 0.3) is 11.4 Å². The molecule has 78 valence electrons. The van der Waals surface area contributed by atoms with Crippen molar-refractivity contribution in [3.05, 3.63) is 22.6 Å². The Morgan fingerprint density at radius 3 is 2.53 bits per heavy atom.